The number of H-pyrrole nitrogens is 1. The SMILES string of the molecule is COC(=O)C(O)C(O)c1cn[nH]c1-c1ccccc1. The molecule has 19 heavy (non-hydrogen) atoms. The maximum absolute atomic E-state index is 11.2. The van der Waals surface area contributed by atoms with E-state index >= 15 is 0 Å². The molecule has 100 valence electrons. The molecule has 6 nitrogen and oxygen atoms in total. The number of aliphatic hydroxyl groups is 2. The quantitative estimate of drug-likeness (QED) is 0.703. The summed E-state index contributed by atoms with van der Waals surface area (Å²) in [5, 5.41) is 26.3. The molecular formula is C13H14N2O4. The van der Waals surface area contributed by atoms with Crippen LogP contribution in [0.15, 0.2) is 36.5 Å². The highest BCUT2D eigenvalue weighted by Crippen LogP contribution is 2.27. The summed E-state index contributed by atoms with van der Waals surface area (Å²) in [6, 6.07) is 9.19. The zero-order valence-corrected chi connectivity index (χ0v) is 10.3. The van der Waals surface area contributed by atoms with Crippen LogP contribution in [0.3, 0.4) is 0 Å². The number of hydrogen-bond donors (Lipinski definition) is 3. The van der Waals surface area contributed by atoms with E-state index in [4.69, 9.17) is 0 Å². The Morgan fingerprint density at radius 3 is 2.63 bits per heavy atom. The first-order chi connectivity index (χ1) is 9.15. The Balaban J connectivity index is 2.32. The largest absolute Gasteiger partial charge is 0.467 e. The average Bonchev–Trinajstić information content (AvgIpc) is 2.95. The van der Waals surface area contributed by atoms with Gasteiger partial charge in [0.1, 0.15) is 6.10 Å². The van der Waals surface area contributed by atoms with Crippen molar-refractivity contribution < 1.29 is 19.7 Å². The Hall–Kier alpha value is -2.18. The van der Waals surface area contributed by atoms with Crippen molar-refractivity contribution >= 4 is 5.97 Å². The van der Waals surface area contributed by atoms with Gasteiger partial charge in [0.25, 0.3) is 0 Å². The number of aromatic nitrogens is 2. The molecule has 0 aliphatic heterocycles. The number of nitrogens with zero attached hydrogens (tertiary/aromatic N) is 1. The fraction of sp³-hybridized carbons (Fsp3) is 0.231. The lowest BCUT2D eigenvalue weighted by Crippen LogP contribution is -2.29. The number of ether oxygens (including phenoxy) is 1. The predicted octanol–water partition coefficient (Wildman–Crippen LogP) is 0.644. The summed E-state index contributed by atoms with van der Waals surface area (Å²) in [7, 11) is 1.14. The lowest BCUT2D eigenvalue weighted by Gasteiger charge is -2.15. The summed E-state index contributed by atoms with van der Waals surface area (Å²) in [6.45, 7) is 0. The van der Waals surface area contributed by atoms with Crippen LogP contribution in [0.2, 0.25) is 0 Å². The van der Waals surface area contributed by atoms with Gasteiger partial charge in [-0.1, -0.05) is 30.3 Å². The molecule has 0 bridgehead atoms. The summed E-state index contributed by atoms with van der Waals surface area (Å²) in [4.78, 5) is 11.2. The van der Waals surface area contributed by atoms with Gasteiger partial charge < -0.3 is 14.9 Å². The maximum atomic E-state index is 11.2. The summed E-state index contributed by atoms with van der Waals surface area (Å²) in [6.07, 6.45) is -1.68. The van der Waals surface area contributed by atoms with Gasteiger partial charge in [-0.3, -0.25) is 5.10 Å². The molecule has 0 aliphatic rings. The van der Waals surface area contributed by atoms with Crippen LogP contribution >= 0.6 is 0 Å². The zero-order valence-electron chi connectivity index (χ0n) is 10.3. The summed E-state index contributed by atoms with van der Waals surface area (Å²) in [5.74, 6) is -0.896. The van der Waals surface area contributed by atoms with Crippen molar-refractivity contribution in [2.45, 2.75) is 12.2 Å². The first-order valence-corrected chi connectivity index (χ1v) is 5.67. The minimum absolute atomic E-state index is 0.337. The van der Waals surface area contributed by atoms with E-state index in [2.05, 4.69) is 14.9 Å². The van der Waals surface area contributed by atoms with Crippen molar-refractivity contribution in [3.8, 4) is 11.3 Å². The van der Waals surface area contributed by atoms with Crippen molar-refractivity contribution in [2.24, 2.45) is 0 Å². The van der Waals surface area contributed by atoms with Gasteiger partial charge in [0.15, 0.2) is 6.10 Å². The van der Waals surface area contributed by atoms with E-state index < -0.39 is 18.2 Å². The highest BCUT2D eigenvalue weighted by Gasteiger charge is 2.29. The molecule has 0 amide bonds. The molecule has 6 heteroatoms. The Bertz CT molecular complexity index is 553. The van der Waals surface area contributed by atoms with Gasteiger partial charge in [0, 0.05) is 5.56 Å². The van der Waals surface area contributed by atoms with Crippen molar-refractivity contribution in [3.63, 3.8) is 0 Å². The Kier molecular flexibility index (Phi) is 3.94. The minimum Gasteiger partial charge on any atom is -0.467 e. The van der Waals surface area contributed by atoms with Crippen LogP contribution in [0, 0.1) is 0 Å². The second-order valence-electron chi connectivity index (χ2n) is 3.98. The molecule has 0 saturated carbocycles. The molecule has 1 heterocycles. The molecule has 2 rings (SSSR count). The van der Waals surface area contributed by atoms with E-state index in [1.807, 2.05) is 30.3 Å². The number of aromatic amines is 1. The number of carbonyl (C=O) groups is 1. The van der Waals surface area contributed by atoms with Crippen molar-refractivity contribution in [3.05, 3.63) is 42.1 Å². The number of benzene rings is 1. The smallest absolute Gasteiger partial charge is 0.337 e. The molecule has 1 aromatic heterocycles. The van der Waals surface area contributed by atoms with Crippen LogP contribution < -0.4 is 0 Å². The molecule has 0 aliphatic carbocycles. The highest BCUT2D eigenvalue weighted by molar-refractivity contribution is 5.76. The van der Waals surface area contributed by atoms with Gasteiger partial charge in [-0.05, 0) is 5.56 Å². The average molecular weight is 262 g/mol. The molecule has 2 atom stereocenters. The van der Waals surface area contributed by atoms with E-state index in [1.54, 1.807) is 0 Å². The first kappa shape index (κ1) is 13.3. The van der Waals surface area contributed by atoms with Crippen LogP contribution in [-0.4, -0.2) is 39.6 Å². The van der Waals surface area contributed by atoms with Gasteiger partial charge in [-0.15, -0.1) is 0 Å². The van der Waals surface area contributed by atoms with Gasteiger partial charge >= 0.3 is 5.97 Å². The molecule has 0 spiro atoms. The number of aliphatic hydroxyl groups excluding tert-OH is 2. The lowest BCUT2D eigenvalue weighted by atomic mass is 10.0. The third kappa shape index (κ3) is 2.64. The van der Waals surface area contributed by atoms with E-state index in [0.29, 0.717) is 11.3 Å². The zero-order chi connectivity index (χ0) is 13.8. The Labute approximate surface area is 109 Å². The molecule has 2 aromatic rings. The predicted molar refractivity (Wildman–Crippen MR) is 67.0 cm³/mol. The van der Waals surface area contributed by atoms with Crippen LogP contribution in [0.4, 0.5) is 0 Å². The summed E-state index contributed by atoms with van der Waals surface area (Å²) in [5.41, 5.74) is 1.69. The summed E-state index contributed by atoms with van der Waals surface area (Å²) < 4.78 is 4.40. The normalized spacial score (nSPS) is 13.8. The molecule has 1 aromatic carbocycles. The van der Waals surface area contributed by atoms with Gasteiger partial charge in [-0.2, -0.15) is 5.10 Å². The van der Waals surface area contributed by atoms with Crippen LogP contribution in [-0.2, 0) is 9.53 Å². The molecule has 0 fully saturated rings. The van der Waals surface area contributed by atoms with Crippen LogP contribution in [0.1, 0.15) is 11.7 Å². The Morgan fingerprint density at radius 1 is 1.32 bits per heavy atom. The van der Waals surface area contributed by atoms with E-state index in [0.717, 1.165) is 12.7 Å². The number of rotatable bonds is 4. The Morgan fingerprint density at radius 2 is 2.00 bits per heavy atom. The fourth-order valence-corrected chi connectivity index (χ4v) is 1.78. The molecule has 0 saturated heterocycles. The second kappa shape index (κ2) is 5.64. The monoisotopic (exact) mass is 262 g/mol. The summed E-state index contributed by atoms with van der Waals surface area (Å²) >= 11 is 0. The molecular weight excluding hydrogens is 248 g/mol. The first-order valence-electron chi connectivity index (χ1n) is 5.67. The number of carbonyl (C=O) groups excluding carboxylic acids is 1. The highest BCUT2D eigenvalue weighted by atomic mass is 16.5. The molecule has 3 N–H and O–H groups in total. The standard InChI is InChI=1S/C13H14N2O4/c1-19-13(18)12(17)11(16)9-7-14-15-10(9)8-5-3-2-4-6-8/h2-7,11-12,16-17H,1H3,(H,14,15). The molecule has 0 radical (unpaired) electrons. The third-order valence-electron chi connectivity index (χ3n) is 2.79. The molecule has 2 unspecified atom stereocenters. The van der Waals surface area contributed by atoms with Crippen molar-refractivity contribution in [1.82, 2.24) is 10.2 Å². The van der Waals surface area contributed by atoms with Gasteiger partial charge in [0.2, 0.25) is 0 Å². The third-order valence-corrected chi connectivity index (χ3v) is 2.79. The van der Waals surface area contributed by atoms with Gasteiger partial charge in [-0.25, -0.2) is 4.79 Å². The second-order valence-corrected chi connectivity index (χ2v) is 3.98. The van der Waals surface area contributed by atoms with Gasteiger partial charge in [0.05, 0.1) is 19.0 Å². The van der Waals surface area contributed by atoms with E-state index in [-0.39, 0.29) is 0 Å². The van der Waals surface area contributed by atoms with E-state index in [9.17, 15) is 15.0 Å². The maximum Gasteiger partial charge on any atom is 0.337 e. The topological polar surface area (TPSA) is 95.4 Å². The fourth-order valence-electron chi connectivity index (χ4n) is 1.78. The van der Waals surface area contributed by atoms with Crippen LogP contribution in [0.5, 0.6) is 0 Å². The van der Waals surface area contributed by atoms with Crippen molar-refractivity contribution in [2.75, 3.05) is 7.11 Å². The number of hydrogen-bond acceptors (Lipinski definition) is 5. The lowest BCUT2D eigenvalue weighted by molar-refractivity contribution is -0.156. The minimum atomic E-state index is -1.65. The number of nitrogens with one attached hydrogen (secondary N) is 1. The number of methoxy groups -OCH3 is 1. The van der Waals surface area contributed by atoms with E-state index in [1.165, 1.54) is 6.20 Å². The number of esters is 1. The van der Waals surface area contributed by atoms with Crippen molar-refractivity contribution in [1.29, 1.82) is 0 Å². The van der Waals surface area contributed by atoms with Crippen LogP contribution in [0.25, 0.3) is 11.3 Å².